The Bertz CT molecular complexity index is 869. The molecule has 1 aromatic rings. The Labute approximate surface area is 177 Å². The van der Waals surface area contributed by atoms with Gasteiger partial charge in [-0.05, 0) is 56.3 Å². The average Bonchev–Trinajstić information content (AvgIpc) is 3.08. The second-order valence-corrected chi connectivity index (χ2v) is 9.23. The number of carbonyl (C=O) groups is 3. The van der Waals surface area contributed by atoms with Gasteiger partial charge in [0.05, 0.1) is 0 Å². The van der Waals surface area contributed by atoms with E-state index in [1.54, 1.807) is 4.90 Å². The van der Waals surface area contributed by atoms with Gasteiger partial charge in [-0.2, -0.15) is 0 Å². The van der Waals surface area contributed by atoms with Gasteiger partial charge in [0, 0.05) is 37.2 Å². The SMILES string of the molecule is O=C1CCC(N2Cc3cccc(CN4CCCCC45CCCNC5)c3C2=O)C(=O)N1. The quantitative estimate of drug-likeness (QED) is 0.739. The Balaban J connectivity index is 1.40. The van der Waals surface area contributed by atoms with E-state index in [4.69, 9.17) is 0 Å². The van der Waals surface area contributed by atoms with Crippen LogP contribution in [0.3, 0.4) is 0 Å². The number of carbonyl (C=O) groups excluding carboxylic acids is 3. The minimum Gasteiger partial charge on any atom is -0.322 e. The highest BCUT2D eigenvalue weighted by molar-refractivity contribution is 6.06. The van der Waals surface area contributed by atoms with Gasteiger partial charge in [-0.15, -0.1) is 0 Å². The molecule has 3 fully saturated rings. The Morgan fingerprint density at radius 3 is 2.77 bits per heavy atom. The lowest BCUT2D eigenvalue weighted by atomic mass is 9.80. The number of hydrogen-bond donors (Lipinski definition) is 2. The first-order valence-electron chi connectivity index (χ1n) is 11.3. The molecule has 30 heavy (non-hydrogen) atoms. The van der Waals surface area contributed by atoms with Gasteiger partial charge in [0.2, 0.25) is 11.8 Å². The standard InChI is InChI=1S/C23H30N4O3/c28-19-8-7-18(21(29)25-19)27-14-17-6-3-5-16(20(17)22(27)30)13-26-12-2-1-9-23(26)10-4-11-24-15-23/h3,5-6,18,24H,1-2,4,7-15H2,(H,25,28,29). The first-order valence-corrected chi connectivity index (χ1v) is 11.3. The van der Waals surface area contributed by atoms with Crippen molar-refractivity contribution in [3.05, 3.63) is 34.9 Å². The van der Waals surface area contributed by atoms with Crippen LogP contribution < -0.4 is 10.6 Å². The maximum Gasteiger partial charge on any atom is 0.255 e. The summed E-state index contributed by atoms with van der Waals surface area (Å²) in [6, 6.07) is 5.55. The van der Waals surface area contributed by atoms with E-state index in [1.165, 1.54) is 32.1 Å². The van der Waals surface area contributed by atoms with Crippen LogP contribution in [0.5, 0.6) is 0 Å². The number of piperidine rings is 3. The molecule has 2 atom stereocenters. The lowest BCUT2D eigenvalue weighted by molar-refractivity contribution is -0.136. The van der Waals surface area contributed by atoms with Gasteiger partial charge in [0.25, 0.3) is 5.91 Å². The van der Waals surface area contributed by atoms with E-state index >= 15 is 0 Å². The average molecular weight is 411 g/mol. The third-order valence-electron chi connectivity index (χ3n) is 7.44. The second kappa shape index (κ2) is 7.78. The summed E-state index contributed by atoms with van der Waals surface area (Å²) < 4.78 is 0. The van der Waals surface area contributed by atoms with E-state index < -0.39 is 6.04 Å². The zero-order chi connectivity index (χ0) is 20.7. The number of rotatable bonds is 3. The van der Waals surface area contributed by atoms with E-state index in [0.717, 1.165) is 42.9 Å². The van der Waals surface area contributed by atoms with E-state index in [0.29, 0.717) is 13.0 Å². The molecular weight excluding hydrogens is 380 g/mol. The second-order valence-electron chi connectivity index (χ2n) is 9.23. The minimum atomic E-state index is -0.556. The summed E-state index contributed by atoms with van der Waals surface area (Å²) >= 11 is 0. The van der Waals surface area contributed by atoms with Gasteiger partial charge in [0.1, 0.15) is 6.04 Å². The van der Waals surface area contributed by atoms with E-state index in [2.05, 4.69) is 21.6 Å². The zero-order valence-electron chi connectivity index (χ0n) is 17.4. The Hall–Kier alpha value is -2.25. The fraction of sp³-hybridized carbons (Fsp3) is 0.609. The number of nitrogens with zero attached hydrogens (tertiary/aromatic N) is 2. The third-order valence-corrected chi connectivity index (χ3v) is 7.44. The number of amides is 3. The number of imide groups is 1. The monoisotopic (exact) mass is 410 g/mol. The van der Waals surface area contributed by atoms with E-state index in [9.17, 15) is 14.4 Å². The molecule has 0 aromatic heterocycles. The highest BCUT2D eigenvalue weighted by Gasteiger charge is 2.42. The zero-order valence-corrected chi connectivity index (χ0v) is 17.4. The van der Waals surface area contributed by atoms with E-state index in [-0.39, 0.29) is 29.7 Å². The number of fused-ring (bicyclic) bond motifs is 1. The van der Waals surface area contributed by atoms with Crippen molar-refractivity contribution in [2.45, 2.75) is 69.6 Å². The van der Waals surface area contributed by atoms with Gasteiger partial charge in [0.15, 0.2) is 0 Å². The number of benzene rings is 1. The first kappa shape index (κ1) is 19.7. The first-order chi connectivity index (χ1) is 14.6. The Kier molecular flexibility index (Phi) is 5.11. The van der Waals surface area contributed by atoms with Gasteiger partial charge >= 0.3 is 0 Å². The fourth-order valence-electron chi connectivity index (χ4n) is 5.86. The normalized spacial score (nSPS) is 29.9. The number of likely N-dealkylation sites (tertiary alicyclic amines) is 1. The summed E-state index contributed by atoms with van der Waals surface area (Å²) in [7, 11) is 0. The fourth-order valence-corrected chi connectivity index (χ4v) is 5.86. The summed E-state index contributed by atoms with van der Waals surface area (Å²) in [4.78, 5) is 41.5. The molecule has 7 nitrogen and oxygen atoms in total. The molecule has 0 aliphatic carbocycles. The van der Waals surface area contributed by atoms with Crippen LogP contribution in [-0.4, -0.2) is 58.7 Å². The van der Waals surface area contributed by atoms with Crippen molar-refractivity contribution in [3.8, 4) is 0 Å². The predicted octanol–water partition coefficient (Wildman–Crippen LogP) is 1.56. The molecule has 160 valence electrons. The molecule has 4 heterocycles. The van der Waals surface area contributed by atoms with Crippen LogP contribution in [0.25, 0.3) is 0 Å². The molecule has 4 aliphatic heterocycles. The molecule has 1 aromatic carbocycles. The minimum absolute atomic E-state index is 0.0667. The molecule has 1 spiro atoms. The van der Waals surface area contributed by atoms with Crippen LogP contribution in [0.1, 0.15) is 66.4 Å². The van der Waals surface area contributed by atoms with Gasteiger partial charge in [-0.3, -0.25) is 24.6 Å². The van der Waals surface area contributed by atoms with Crippen LogP contribution >= 0.6 is 0 Å². The molecule has 2 unspecified atom stereocenters. The van der Waals surface area contributed by atoms with E-state index in [1.807, 2.05) is 12.1 Å². The summed E-state index contributed by atoms with van der Waals surface area (Å²) in [5.41, 5.74) is 3.03. The van der Waals surface area contributed by atoms with Crippen molar-refractivity contribution in [2.24, 2.45) is 0 Å². The molecule has 0 bridgehead atoms. The lowest BCUT2D eigenvalue weighted by Crippen LogP contribution is -2.59. The van der Waals surface area contributed by atoms with Gasteiger partial charge < -0.3 is 10.2 Å². The van der Waals surface area contributed by atoms with Crippen LogP contribution in [0, 0.1) is 0 Å². The maximum atomic E-state index is 13.4. The molecule has 7 heteroatoms. The summed E-state index contributed by atoms with van der Waals surface area (Å²) in [5.74, 6) is -0.669. The van der Waals surface area contributed by atoms with Crippen molar-refractivity contribution in [2.75, 3.05) is 19.6 Å². The Morgan fingerprint density at radius 2 is 1.97 bits per heavy atom. The molecule has 0 radical (unpaired) electrons. The molecule has 3 amide bonds. The van der Waals surface area contributed by atoms with Crippen LogP contribution in [0.4, 0.5) is 0 Å². The topological polar surface area (TPSA) is 81.8 Å². The number of hydrogen-bond acceptors (Lipinski definition) is 5. The van der Waals surface area contributed by atoms with Crippen LogP contribution in [-0.2, 0) is 22.7 Å². The third kappa shape index (κ3) is 3.34. The predicted molar refractivity (Wildman–Crippen MR) is 112 cm³/mol. The molecule has 2 N–H and O–H groups in total. The largest absolute Gasteiger partial charge is 0.322 e. The maximum absolute atomic E-state index is 13.4. The van der Waals surface area contributed by atoms with Crippen LogP contribution in [0.15, 0.2) is 18.2 Å². The highest BCUT2D eigenvalue weighted by Crippen LogP contribution is 2.37. The van der Waals surface area contributed by atoms with Gasteiger partial charge in [-0.25, -0.2) is 0 Å². The number of nitrogens with one attached hydrogen (secondary N) is 2. The molecule has 5 rings (SSSR count). The summed E-state index contributed by atoms with van der Waals surface area (Å²) in [5, 5.41) is 5.98. The smallest absolute Gasteiger partial charge is 0.255 e. The summed E-state index contributed by atoms with van der Waals surface area (Å²) in [6.45, 7) is 4.41. The van der Waals surface area contributed by atoms with Crippen molar-refractivity contribution >= 4 is 17.7 Å². The lowest BCUT2D eigenvalue weighted by Gasteiger charge is -2.50. The Morgan fingerprint density at radius 1 is 1.10 bits per heavy atom. The van der Waals surface area contributed by atoms with Crippen molar-refractivity contribution in [1.29, 1.82) is 0 Å². The molecule has 4 aliphatic rings. The molecule has 3 saturated heterocycles. The molecule has 0 saturated carbocycles. The van der Waals surface area contributed by atoms with Crippen molar-refractivity contribution < 1.29 is 14.4 Å². The highest BCUT2D eigenvalue weighted by atomic mass is 16.2. The van der Waals surface area contributed by atoms with Crippen molar-refractivity contribution in [1.82, 2.24) is 20.4 Å². The van der Waals surface area contributed by atoms with Crippen LogP contribution in [0.2, 0.25) is 0 Å². The summed E-state index contributed by atoms with van der Waals surface area (Å²) in [6.07, 6.45) is 6.79. The molecular formula is C23H30N4O3. The van der Waals surface area contributed by atoms with Crippen molar-refractivity contribution in [3.63, 3.8) is 0 Å². The van der Waals surface area contributed by atoms with Gasteiger partial charge in [-0.1, -0.05) is 24.6 Å².